The normalized spacial score (nSPS) is 26.1. The van der Waals surface area contributed by atoms with E-state index in [1.165, 1.54) is 0 Å². The first-order valence-electron chi connectivity index (χ1n) is 5.58. The Kier molecular flexibility index (Phi) is 8.55. The van der Waals surface area contributed by atoms with Gasteiger partial charge in [0.15, 0.2) is 6.29 Å². The third-order valence-corrected chi connectivity index (χ3v) is 2.34. The molecule has 0 spiro atoms. The molecule has 3 heteroatoms. The Balaban J connectivity index is 0.000000205. The Morgan fingerprint density at radius 1 is 0.765 bits per heavy atom. The quantitative estimate of drug-likeness (QED) is 0.681. The van der Waals surface area contributed by atoms with Crippen LogP contribution in [0.2, 0.25) is 0 Å². The Bertz CT molecular complexity index is 163. The summed E-state index contributed by atoms with van der Waals surface area (Å²) in [7, 11) is 0. The molecule has 0 aromatic carbocycles. The number of ether oxygens (including phenoxy) is 2. The van der Waals surface area contributed by atoms with Gasteiger partial charge in [0.2, 0.25) is 0 Å². The summed E-state index contributed by atoms with van der Waals surface area (Å²) in [4.78, 5) is 0. The number of hydrogen-bond donors (Lipinski definition) is 0. The smallest absolute Gasteiger partial charge is 0.352 e. The van der Waals surface area contributed by atoms with E-state index in [4.69, 9.17) is 9.47 Å². The van der Waals surface area contributed by atoms with Crippen LogP contribution < -0.4 is 0 Å². The van der Waals surface area contributed by atoms with Gasteiger partial charge >= 0.3 is 17.1 Å². The van der Waals surface area contributed by atoms with Crippen molar-refractivity contribution in [3.8, 4) is 0 Å². The average molecular weight is 272 g/mol. The van der Waals surface area contributed by atoms with Gasteiger partial charge in [-0.1, -0.05) is 0 Å². The molecule has 0 bridgehead atoms. The summed E-state index contributed by atoms with van der Waals surface area (Å²) in [6.07, 6.45) is 18.9. The van der Waals surface area contributed by atoms with Crippen LogP contribution in [0.15, 0.2) is 0 Å². The van der Waals surface area contributed by atoms with Crippen LogP contribution in [0.5, 0.6) is 0 Å². The molecular weight excluding hydrogens is 256 g/mol. The topological polar surface area (TPSA) is 18.5 Å². The van der Waals surface area contributed by atoms with Crippen molar-refractivity contribution in [1.29, 1.82) is 0 Å². The third-order valence-electron chi connectivity index (χ3n) is 2.34. The summed E-state index contributed by atoms with van der Waals surface area (Å²) < 4.78 is 10.8. The van der Waals surface area contributed by atoms with Crippen molar-refractivity contribution in [3.05, 3.63) is 63.7 Å². The molecule has 10 radical (unpaired) electrons. The molecule has 2 nitrogen and oxygen atoms in total. The minimum absolute atomic E-state index is 0. The maximum atomic E-state index is 5.40. The summed E-state index contributed by atoms with van der Waals surface area (Å²) in [5.41, 5.74) is 0. The van der Waals surface area contributed by atoms with Crippen molar-refractivity contribution < 1.29 is 26.5 Å². The zero-order chi connectivity index (χ0) is 11.1. The summed E-state index contributed by atoms with van der Waals surface area (Å²) in [6.45, 7) is 1.63. The molecule has 0 aromatic rings. The van der Waals surface area contributed by atoms with Gasteiger partial charge in [-0.25, -0.2) is 0 Å². The SMILES string of the molecule is [CH]1[CH][CH][CH][CH]1.[CH]1[CH][CH][C](C2OCCCO2)[CH]1.[Fe+2]. The summed E-state index contributed by atoms with van der Waals surface area (Å²) in [6, 6.07) is 0. The van der Waals surface area contributed by atoms with E-state index in [9.17, 15) is 0 Å². The molecule has 3 aliphatic rings. The van der Waals surface area contributed by atoms with Gasteiger partial charge in [-0.15, -0.1) is 0 Å². The van der Waals surface area contributed by atoms with E-state index < -0.39 is 0 Å². The average Bonchev–Trinajstić information content (AvgIpc) is 3.07. The van der Waals surface area contributed by atoms with E-state index in [0.717, 1.165) is 25.6 Å². The minimum Gasteiger partial charge on any atom is -0.352 e. The Morgan fingerprint density at radius 3 is 1.71 bits per heavy atom. The van der Waals surface area contributed by atoms with Crippen LogP contribution in [0.1, 0.15) is 6.42 Å². The number of hydrogen-bond acceptors (Lipinski definition) is 2. The zero-order valence-electron chi connectivity index (χ0n) is 9.56. The third kappa shape index (κ3) is 5.74. The van der Waals surface area contributed by atoms with Gasteiger partial charge < -0.3 is 9.47 Å². The van der Waals surface area contributed by atoms with E-state index in [1.54, 1.807) is 0 Å². The molecular formula is C14H16FeO2+2. The van der Waals surface area contributed by atoms with E-state index >= 15 is 0 Å². The van der Waals surface area contributed by atoms with E-state index in [0.29, 0.717) is 0 Å². The van der Waals surface area contributed by atoms with Gasteiger partial charge in [0, 0.05) is 5.92 Å². The predicted octanol–water partition coefficient (Wildman–Crippen LogP) is 2.17. The maximum Gasteiger partial charge on any atom is 2.00 e. The predicted molar refractivity (Wildman–Crippen MR) is 62.3 cm³/mol. The first kappa shape index (κ1) is 15.5. The standard InChI is InChI=1S/C9H11O2.C5H5.Fe/c1-2-5-8(4-1)9-10-6-3-7-11-9;1-2-4-5-3-1;/h1-2,4-5,9H,3,6-7H2;1-5H;/q;;+2. The molecule has 1 saturated heterocycles. The second-order valence-corrected chi connectivity index (χ2v) is 3.61. The van der Waals surface area contributed by atoms with Crippen molar-refractivity contribution in [2.24, 2.45) is 0 Å². The molecule has 90 valence electrons. The fraction of sp³-hybridized carbons (Fsp3) is 0.286. The molecule has 0 unspecified atom stereocenters. The molecule has 1 heterocycles. The molecule has 0 N–H and O–H groups in total. The van der Waals surface area contributed by atoms with Crippen molar-refractivity contribution in [3.63, 3.8) is 0 Å². The van der Waals surface area contributed by atoms with Crippen LogP contribution in [0.3, 0.4) is 0 Å². The van der Waals surface area contributed by atoms with Crippen LogP contribution in [0.25, 0.3) is 0 Å². The van der Waals surface area contributed by atoms with Gasteiger partial charge in [0.05, 0.1) is 13.2 Å². The van der Waals surface area contributed by atoms with Crippen LogP contribution >= 0.6 is 0 Å². The molecule has 17 heavy (non-hydrogen) atoms. The van der Waals surface area contributed by atoms with Gasteiger partial charge in [-0.05, 0) is 64.2 Å². The van der Waals surface area contributed by atoms with Crippen LogP contribution in [-0.4, -0.2) is 19.5 Å². The fourth-order valence-corrected chi connectivity index (χ4v) is 1.55. The summed E-state index contributed by atoms with van der Waals surface area (Å²) >= 11 is 0. The molecule has 2 aliphatic carbocycles. The molecule has 3 rings (SSSR count). The summed E-state index contributed by atoms with van der Waals surface area (Å²) in [5, 5.41) is 0. The summed E-state index contributed by atoms with van der Waals surface area (Å²) in [5.74, 6) is 1.13. The van der Waals surface area contributed by atoms with Gasteiger partial charge in [0.1, 0.15) is 0 Å². The first-order valence-corrected chi connectivity index (χ1v) is 5.58. The van der Waals surface area contributed by atoms with Crippen molar-refractivity contribution in [2.45, 2.75) is 12.7 Å². The monoisotopic (exact) mass is 272 g/mol. The van der Waals surface area contributed by atoms with Gasteiger partial charge in [0.25, 0.3) is 0 Å². The first-order chi connectivity index (χ1) is 7.97. The molecule has 0 aromatic heterocycles. The van der Waals surface area contributed by atoms with Gasteiger partial charge in [-0.2, -0.15) is 0 Å². The van der Waals surface area contributed by atoms with E-state index in [2.05, 4.69) is 0 Å². The molecule has 3 fully saturated rings. The largest absolute Gasteiger partial charge is 2.00 e. The van der Waals surface area contributed by atoms with Crippen molar-refractivity contribution in [1.82, 2.24) is 0 Å². The second kappa shape index (κ2) is 9.38. The minimum atomic E-state index is -0.112. The van der Waals surface area contributed by atoms with Crippen LogP contribution in [-0.2, 0) is 26.5 Å². The maximum absolute atomic E-state index is 5.40. The Morgan fingerprint density at radius 2 is 1.24 bits per heavy atom. The van der Waals surface area contributed by atoms with Crippen LogP contribution in [0, 0.1) is 63.7 Å². The Labute approximate surface area is 116 Å². The van der Waals surface area contributed by atoms with Crippen LogP contribution in [0.4, 0.5) is 0 Å². The van der Waals surface area contributed by atoms with E-state index in [1.807, 2.05) is 57.8 Å². The molecule has 0 amide bonds. The number of rotatable bonds is 1. The van der Waals surface area contributed by atoms with Crippen molar-refractivity contribution >= 4 is 0 Å². The molecule has 2 saturated carbocycles. The van der Waals surface area contributed by atoms with E-state index in [-0.39, 0.29) is 23.4 Å². The zero-order valence-corrected chi connectivity index (χ0v) is 10.7. The molecule has 0 atom stereocenters. The molecule has 1 aliphatic heterocycles. The van der Waals surface area contributed by atoms with Gasteiger partial charge in [-0.3, -0.25) is 0 Å². The Hall–Kier alpha value is 0.439. The fourth-order valence-electron chi connectivity index (χ4n) is 1.55. The van der Waals surface area contributed by atoms with Crippen molar-refractivity contribution in [2.75, 3.05) is 13.2 Å². The second-order valence-electron chi connectivity index (χ2n) is 3.61.